The Morgan fingerprint density at radius 3 is 1.56 bits per heavy atom. The Bertz CT molecular complexity index is 3550. The topological polar surface area (TPSA) is 21.3 Å². The van der Waals surface area contributed by atoms with Crippen molar-refractivity contribution in [3.63, 3.8) is 0 Å². The zero-order valence-corrected chi connectivity index (χ0v) is 35.5. The fourth-order valence-corrected chi connectivity index (χ4v) is 9.99. The van der Waals surface area contributed by atoms with E-state index in [9.17, 15) is 0 Å². The van der Waals surface area contributed by atoms with Crippen LogP contribution in [0.2, 0.25) is 0 Å². The summed E-state index contributed by atoms with van der Waals surface area (Å²) >= 11 is 0. The predicted octanol–water partition coefficient (Wildman–Crippen LogP) is 16.7. The summed E-state index contributed by atoms with van der Waals surface area (Å²) in [5.41, 5.74) is 16.5. The first-order valence-electron chi connectivity index (χ1n) is 21.5. The minimum atomic E-state index is -0.0583. The number of hydrogen-bond acceptors (Lipinski definition) is 2. The highest BCUT2D eigenvalue weighted by Crippen LogP contribution is 2.52. The van der Waals surface area contributed by atoms with E-state index in [0.717, 1.165) is 39.0 Å². The molecule has 0 fully saturated rings. The van der Waals surface area contributed by atoms with E-state index in [-0.39, 0.29) is 10.8 Å². The van der Waals surface area contributed by atoms with Crippen LogP contribution in [0.4, 0.5) is 17.1 Å². The molecule has 3 nitrogen and oxygen atoms in total. The molecule has 1 aliphatic rings. The molecule has 0 saturated heterocycles. The van der Waals surface area contributed by atoms with Gasteiger partial charge in [0.15, 0.2) is 5.58 Å². The van der Waals surface area contributed by atoms with Gasteiger partial charge >= 0.3 is 0 Å². The number of para-hydroxylation sites is 4. The van der Waals surface area contributed by atoms with Gasteiger partial charge in [0.05, 0.1) is 16.7 Å². The van der Waals surface area contributed by atoms with Crippen LogP contribution in [0.3, 0.4) is 0 Å². The van der Waals surface area contributed by atoms with Crippen LogP contribution in [0.25, 0.3) is 93.2 Å². The summed E-state index contributed by atoms with van der Waals surface area (Å²) in [7, 11) is 0. The fraction of sp³-hybridized carbons (Fsp3) is 0.138. The second-order valence-corrected chi connectivity index (χ2v) is 19.0. The largest absolute Gasteiger partial charge is 0.454 e. The molecule has 0 aliphatic heterocycles. The normalized spacial score (nSPS) is 12.8. The van der Waals surface area contributed by atoms with Crippen LogP contribution >= 0.6 is 0 Å². The smallest absolute Gasteiger partial charge is 0.159 e. The van der Waals surface area contributed by atoms with Crippen molar-refractivity contribution in [1.29, 1.82) is 0 Å². The van der Waals surface area contributed by atoms with Crippen molar-refractivity contribution in [2.24, 2.45) is 0 Å². The average molecular weight is 787 g/mol. The highest BCUT2D eigenvalue weighted by atomic mass is 16.3. The first-order chi connectivity index (χ1) is 29.5. The third kappa shape index (κ3) is 5.43. The SMILES string of the molecule is CC(C)(C)c1ccc(N(c2ccc3cc4c(cc3c2)-c2cc3ccc(-n5c6ccccc6c6ccccc65)cc3cc2-4)c2cccc3c2oc2c(C(C)(C)C)cccc23)cc1. The van der Waals surface area contributed by atoms with Gasteiger partial charge < -0.3 is 13.9 Å². The fourth-order valence-electron chi connectivity index (χ4n) is 9.99. The zero-order chi connectivity index (χ0) is 41.4. The van der Waals surface area contributed by atoms with E-state index >= 15 is 0 Å². The van der Waals surface area contributed by atoms with Crippen molar-refractivity contribution in [3.8, 4) is 27.9 Å². The molecule has 0 radical (unpaired) electrons. The maximum Gasteiger partial charge on any atom is 0.159 e. The van der Waals surface area contributed by atoms with E-state index in [4.69, 9.17) is 4.42 Å². The molecule has 12 rings (SSSR count). The lowest BCUT2D eigenvalue weighted by atomic mass is 9.78. The van der Waals surface area contributed by atoms with Crippen molar-refractivity contribution in [2.45, 2.75) is 52.4 Å². The molecule has 0 amide bonds. The average Bonchev–Trinajstić information content (AvgIpc) is 3.81. The lowest BCUT2D eigenvalue weighted by molar-refractivity contribution is 0.573. The van der Waals surface area contributed by atoms with Gasteiger partial charge in [-0.2, -0.15) is 0 Å². The molecule has 294 valence electrons. The van der Waals surface area contributed by atoms with Gasteiger partial charge in [-0.15, -0.1) is 0 Å². The van der Waals surface area contributed by atoms with Crippen molar-refractivity contribution in [1.82, 2.24) is 4.57 Å². The number of aromatic nitrogens is 1. The molecule has 1 aliphatic carbocycles. The molecule has 2 heterocycles. The van der Waals surface area contributed by atoms with Crippen LogP contribution in [0.5, 0.6) is 0 Å². The van der Waals surface area contributed by atoms with Crippen LogP contribution < -0.4 is 4.90 Å². The summed E-state index contributed by atoms with van der Waals surface area (Å²) in [5, 5.41) is 9.79. The second kappa shape index (κ2) is 12.7. The van der Waals surface area contributed by atoms with Gasteiger partial charge in [0, 0.05) is 44.2 Å². The zero-order valence-electron chi connectivity index (χ0n) is 35.5. The van der Waals surface area contributed by atoms with Gasteiger partial charge in [0.2, 0.25) is 0 Å². The van der Waals surface area contributed by atoms with Gasteiger partial charge in [-0.25, -0.2) is 0 Å². The van der Waals surface area contributed by atoms with E-state index in [1.165, 1.54) is 82.4 Å². The standard InChI is InChI=1S/C58H46N2O/c1-57(2,3)39-23-27-40(28-24-39)59(54-20-12-16-46-45-15-11-17-51(58(4,5)6)55(45)61-56(46)54)41-25-21-35-31-47-49(33-37(35)29-41)48-32-36-22-26-42(30-38(36)34-50(47)48)60-52-18-9-7-13-43(52)44-14-8-10-19-53(44)60/h7-34H,1-6H3. The lowest BCUT2D eigenvalue weighted by Gasteiger charge is -2.28. The summed E-state index contributed by atoms with van der Waals surface area (Å²) in [6.45, 7) is 13.6. The molecule has 0 N–H and O–H groups in total. The molecule has 3 heteroatoms. The Hall–Kier alpha value is -7.10. The van der Waals surface area contributed by atoms with Crippen molar-refractivity contribution in [2.75, 3.05) is 4.90 Å². The number of nitrogens with zero attached hydrogens (tertiary/aromatic N) is 2. The van der Waals surface area contributed by atoms with Crippen molar-refractivity contribution >= 4 is 82.4 Å². The molecule has 0 unspecified atom stereocenters. The molecule has 0 spiro atoms. The first-order valence-corrected chi connectivity index (χ1v) is 21.5. The maximum absolute atomic E-state index is 6.97. The van der Waals surface area contributed by atoms with Crippen LogP contribution in [-0.4, -0.2) is 4.57 Å². The van der Waals surface area contributed by atoms with Gasteiger partial charge in [0.25, 0.3) is 0 Å². The summed E-state index contributed by atoms with van der Waals surface area (Å²) in [4.78, 5) is 2.38. The van der Waals surface area contributed by atoms with E-state index < -0.39 is 0 Å². The number of rotatable bonds is 4. The monoisotopic (exact) mass is 786 g/mol. The van der Waals surface area contributed by atoms with Gasteiger partial charge in [-0.3, -0.25) is 0 Å². The Labute approximate surface area is 356 Å². The lowest BCUT2D eigenvalue weighted by Crippen LogP contribution is -2.13. The molecule has 0 saturated carbocycles. The van der Waals surface area contributed by atoms with Crippen molar-refractivity contribution < 1.29 is 4.42 Å². The van der Waals surface area contributed by atoms with Crippen LogP contribution in [-0.2, 0) is 10.8 Å². The van der Waals surface area contributed by atoms with Crippen molar-refractivity contribution in [3.05, 3.63) is 181 Å². The van der Waals surface area contributed by atoms with Gasteiger partial charge in [0.1, 0.15) is 5.58 Å². The van der Waals surface area contributed by atoms with Gasteiger partial charge in [-0.1, -0.05) is 133 Å². The van der Waals surface area contributed by atoms with E-state index in [1.54, 1.807) is 0 Å². The number of hydrogen-bond donors (Lipinski definition) is 0. The number of benzene rings is 9. The third-order valence-corrected chi connectivity index (χ3v) is 13.1. The van der Waals surface area contributed by atoms with E-state index in [2.05, 4.69) is 221 Å². The quantitative estimate of drug-likeness (QED) is 0.177. The number of anilines is 3. The molecule has 0 bridgehead atoms. The summed E-state index contributed by atoms with van der Waals surface area (Å²) in [6.07, 6.45) is 0. The molecule has 11 aromatic rings. The summed E-state index contributed by atoms with van der Waals surface area (Å²) < 4.78 is 9.38. The Balaban J connectivity index is 0.980. The van der Waals surface area contributed by atoms with Crippen LogP contribution in [0.15, 0.2) is 174 Å². The van der Waals surface area contributed by atoms with Crippen LogP contribution in [0, 0.1) is 0 Å². The second-order valence-electron chi connectivity index (χ2n) is 19.0. The number of fused-ring (bicyclic) bond motifs is 12. The molecule has 2 aromatic heterocycles. The predicted molar refractivity (Wildman–Crippen MR) is 260 cm³/mol. The molecular formula is C58H46N2O. The number of furan rings is 1. The third-order valence-electron chi connectivity index (χ3n) is 13.1. The summed E-state index contributed by atoms with van der Waals surface area (Å²) in [5.74, 6) is 0. The Kier molecular flexibility index (Phi) is 7.46. The molecule has 61 heavy (non-hydrogen) atoms. The minimum absolute atomic E-state index is 0.0482. The van der Waals surface area contributed by atoms with Crippen LogP contribution in [0.1, 0.15) is 52.7 Å². The van der Waals surface area contributed by atoms with Gasteiger partial charge in [-0.05, 0) is 139 Å². The molecule has 9 aromatic carbocycles. The Morgan fingerprint density at radius 1 is 0.410 bits per heavy atom. The maximum atomic E-state index is 6.97. The summed E-state index contributed by atoms with van der Waals surface area (Å²) in [6, 6.07) is 63.1. The minimum Gasteiger partial charge on any atom is -0.454 e. The van der Waals surface area contributed by atoms with E-state index in [1.807, 2.05) is 0 Å². The van der Waals surface area contributed by atoms with E-state index in [0.29, 0.717) is 0 Å². The molecular weight excluding hydrogens is 741 g/mol. The first kappa shape index (κ1) is 35.8. The highest BCUT2D eigenvalue weighted by molar-refractivity contribution is 6.14. The molecule has 0 atom stereocenters. The Morgan fingerprint density at radius 2 is 0.934 bits per heavy atom. The highest BCUT2D eigenvalue weighted by Gasteiger charge is 2.27.